The lowest BCUT2D eigenvalue weighted by Gasteiger charge is -2.12. The molecule has 4 heterocycles. The molecule has 0 aliphatic carbocycles. The van der Waals surface area contributed by atoms with Crippen LogP contribution >= 0.6 is 11.3 Å². The molecule has 0 radical (unpaired) electrons. The predicted molar refractivity (Wildman–Crippen MR) is 212 cm³/mol. The van der Waals surface area contributed by atoms with Crippen LogP contribution in [0, 0.1) is 0 Å². The average molecular weight is 686 g/mol. The smallest absolute Gasteiger partial charge is 0.240 e. The molecule has 0 atom stereocenters. The molecule has 0 amide bonds. The zero-order valence-electron chi connectivity index (χ0n) is 42.0. The molecule has 6 heteroatoms. The van der Waals surface area contributed by atoms with Gasteiger partial charge in [0, 0.05) is 47.3 Å². The molecule has 11 rings (SSSR count). The summed E-state index contributed by atoms with van der Waals surface area (Å²) in [6.07, 6.45) is 0. The average Bonchev–Trinajstić information content (AvgIpc) is 4.02. The summed E-state index contributed by atoms with van der Waals surface area (Å²) >= 11 is 1.50. The Morgan fingerprint density at radius 2 is 0.980 bits per heavy atom. The van der Waals surface area contributed by atoms with Gasteiger partial charge in [-0.2, -0.15) is 15.0 Å². The molecule has 0 N–H and O–H groups in total. The van der Waals surface area contributed by atoms with Crippen molar-refractivity contribution in [2.24, 2.45) is 0 Å². The minimum atomic E-state index is -0.689. The molecule has 51 heavy (non-hydrogen) atoms. The van der Waals surface area contributed by atoms with E-state index >= 15 is 0 Å². The molecule has 0 bridgehead atoms. The molecule has 5 nitrogen and oxygen atoms in total. The highest BCUT2D eigenvalue weighted by molar-refractivity contribution is 7.26. The summed E-state index contributed by atoms with van der Waals surface area (Å²) in [7, 11) is 0. The van der Waals surface area contributed by atoms with Crippen LogP contribution in [0.25, 0.3) is 98.2 Å². The van der Waals surface area contributed by atoms with E-state index in [0.29, 0.717) is 5.56 Å². The normalized spacial score (nSPS) is 16.3. The number of fused-ring (bicyclic) bond motifs is 9. The maximum absolute atomic E-state index is 9.17. The fraction of sp³-hybridized carbons (Fsp3) is 0. The number of nitrogens with zero attached hydrogens (tertiary/aromatic N) is 5. The quantitative estimate of drug-likeness (QED) is 0.185. The molecular formula is C45H27N5S. The molecule has 0 saturated carbocycles. The number of hydrogen-bond donors (Lipinski definition) is 0. The van der Waals surface area contributed by atoms with E-state index in [-0.39, 0.29) is 49.4 Å². The number of aromatic nitrogens is 5. The van der Waals surface area contributed by atoms with Gasteiger partial charge < -0.3 is 0 Å². The van der Waals surface area contributed by atoms with E-state index in [1.165, 1.54) is 11.3 Å². The summed E-state index contributed by atoms with van der Waals surface area (Å²) in [4.78, 5) is 14.5. The summed E-state index contributed by atoms with van der Waals surface area (Å²) in [5, 5.41) is 0.894. The number of benzene rings is 7. The second-order valence-corrected chi connectivity index (χ2v) is 12.8. The fourth-order valence-corrected chi connectivity index (χ4v) is 7.92. The minimum absolute atomic E-state index is 0.115. The topological polar surface area (TPSA) is 48.5 Å². The van der Waals surface area contributed by atoms with Gasteiger partial charge in [-0.05, 0) is 47.4 Å². The predicted octanol–water partition coefficient (Wildman–Crippen LogP) is 11.8. The van der Waals surface area contributed by atoms with Crippen LogP contribution in [-0.2, 0) is 0 Å². The summed E-state index contributed by atoms with van der Waals surface area (Å²) in [6.45, 7) is 0. The van der Waals surface area contributed by atoms with Crippen LogP contribution in [0.4, 0.5) is 0 Å². The van der Waals surface area contributed by atoms with Gasteiger partial charge in [0.2, 0.25) is 11.9 Å². The first-order chi connectivity index (χ1) is 31.9. The number of thiophene rings is 1. The van der Waals surface area contributed by atoms with Crippen molar-refractivity contribution < 1.29 is 21.9 Å². The Morgan fingerprint density at radius 3 is 1.53 bits per heavy atom. The van der Waals surface area contributed by atoms with Crippen molar-refractivity contribution in [1.82, 2.24) is 24.1 Å². The Bertz CT molecular complexity index is 3740. The lowest BCUT2D eigenvalue weighted by atomic mass is 9.99. The van der Waals surface area contributed by atoms with Crippen LogP contribution in [0.2, 0.25) is 0 Å². The Labute approximate surface area is 318 Å². The molecule has 11 aromatic rings. The fourth-order valence-electron chi connectivity index (χ4n) is 6.75. The summed E-state index contributed by atoms with van der Waals surface area (Å²) in [6, 6.07) is 11.0. The van der Waals surface area contributed by atoms with Gasteiger partial charge in [0.15, 0.2) is 5.82 Å². The Kier molecular flexibility index (Phi) is 3.61. The molecule has 238 valence electrons. The molecule has 0 fully saturated rings. The molecule has 0 aliphatic heterocycles. The van der Waals surface area contributed by atoms with Crippen LogP contribution in [0.1, 0.15) is 21.9 Å². The lowest BCUT2D eigenvalue weighted by molar-refractivity contribution is 0.893. The third-order valence-corrected chi connectivity index (χ3v) is 10.0. The summed E-state index contributed by atoms with van der Waals surface area (Å²) < 4.78 is 145. The van der Waals surface area contributed by atoms with Crippen molar-refractivity contribution in [3.05, 3.63) is 163 Å². The van der Waals surface area contributed by atoms with E-state index < -0.39 is 109 Å². The highest BCUT2D eigenvalue weighted by Gasteiger charge is 2.21. The maximum atomic E-state index is 9.17. The number of rotatable bonds is 4. The SMILES string of the molecule is [2H]c1c([2H])c([2H])c2c(c1[2H])c1c([2H])c([2H])c([2H])c([2H])c1n2-c1nc(-c2ccc3c(c2)sc2cccc(-c4ccccc4)c23)nc(-n2c3c([2H])c([2H])c([2H])c([2H])c3c3c([2H])c([2H])c([2H])c([2H])c32)n1. The molecule has 0 aliphatic rings. The summed E-state index contributed by atoms with van der Waals surface area (Å²) in [5.74, 6) is -1.01. The Balaban J connectivity index is 1.33. The standard InChI is InChI=1S/C45H27N5S/c1-2-13-28(14-3-1)30-19-12-24-40-42(30)35-26-25-29(27-41(35)51-40)43-46-44(49-36-20-8-4-15-31(36)32-16-5-9-21-37(32)49)48-45(47-43)50-38-22-10-6-17-33(38)34-18-7-11-23-39(34)50/h1-27H/i4D,5D,6D,7D,8D,9D,10D,11D,15D,16D,17D,18D,20D,21D,22D,23D. The number of para-hydroxylation sites is 4. The van der Waals surface area contributed by atoms with E-state index in [1.807, 2.05) is 60.7 Å². The highest BCUT2D eigenvalue weighted by Crippen LogP contribution is 2.41. The second kappa shape index (κ2) is 10.9. The van der Waals surface area contributed by atoms with Crippen molar-refractivity contribution in [1.29, 1.82) is 0 Å². The highest BCUT2D eigenvalue weighted by atomic mass is 32.1. The Morgan fingerprint density at radius 1 is 0.451 bits per heavy atom. The van der Waals surface area contributed by atoms with Gasteiger partial charge in [-0.15, -0.1) is 11.3 Å². The van der Waals surface area contributed by atoms with Crippen molar-refractivity contribution >= 4 is 75.1 Å². The van der Waals surface area contributed by atoms with Gasteiger partial charge in [0.25, 0.3) is 0 Å². The van der Waals surface area contributed by atoms with E-state index in [4.69, 9.17) is 36.9 Å². The number of hydrogen-bond acceptors (Lipinski definition) is 4. The third kappa shape index (κ3) is 4.24. The second-order valence-electron chi connectivity index (χ2n) is 11.7. The van der Waals surface area contributed by atoms with Crippen LogP contribution in [0.5, 0.6) is 0 Å². The van der Waals surface area contributed by atoms with Crippen LogP contribution in [0.3, 0.4) is 0 Å². The largest absolute Gasteiger partial charge is 0.278 e. The zero-order chi connectivity index (χ0) is 47.4. The Hall–Kier alpha value is -6.63. The monoisotopic (exact) mass is 685 g/mol. The van der Waals surface area contributed by atoms with Gasteiger partial charge >= 0.3 is 0 Å². The van der Waals surface area contributed by atoms with Gasteiger partial charge in [-0.1, -0.05) is 127 Å². The van der Waals surface area contributed by atoms with Gasteiger partial charge in [-0.3, -0.25) is 9.13 Å². The van der Waals surface area contributed by atoms with Gasteiger partial charge in [0.05, 0.1) is 44.0 Å². The first-order valence-electron chi connectivity index (χ1n) is 23.7. The van der Waals surface area contributed by atoms with E-state index in [1.54, 1.807) is 6.07 Å². The first-order valence-corrected chi connectivity index (χ1v) is 16.6. The van der Waals surface area contributed by atoms with Crippen molar-refractivity contribution in [2.75, 3.05) is 0 Å². The third-order valence-electron chi connectivity index (χ3n) is 8.92. The van der Waals surface area contributed by atoms with Crippen LogP contribution < -0.4 is 0 Å². The van der Waals surface area contributed by atoms with Gasteiger partial charge in [0.1, 0.15) is 0 Å². The van der Waals surface area contributed by atoms with Crippen LogP contribution in [0.15, 0.2) is 163 Å². The molecule has 0 spiro atoms. The van der Waals surface area contributed by atoms with Crippen molar-refractivity contribution in [3.63, 3.8) is 0 Å². The molecule has 4 aromatic heterocycles. The van der Waals surface area contributed by atoms with Gasteiger partial charge in [-0.25, -0.2) is 0 Å². The van der Waals surface area contributed by atoms with Crippen molar-refractivity contribution in [2.45, 2.75) is 0 Å². The van der Waals surface area contributed by atoms with E-state index in [9.17, 15) is 0 Å². The summed E-state index contributed by atoms with van der Waals surface area (Å²) in [5.41, 5.74) is 1.13. The molecule has 0 saturated heterocycles. The molecular weight excluding hydrogens is 643 g/mol. The first kappa shape index (κ1) is 16.9. The van der Waals surface area contributed by atoms with Crippen molar-refractivity contribution in [3.8, 4) is 34.4 Å². The van der Waals surface area contributed by atoms with E-state index in [0.717, 1.165) is 40.4 Å². The maximum Gasteiger partial charge on any atom is 0.240 e. The van der Waals surface area contributed by atoms with E-state index in [2.05, 4.69) is 0 Å². The lowest BCUT2D eigenvalue weighted by Crippen LogP contribution is -2.10. The molecule has 0 unspecified atom stereocenters. The minimum Gasteiger partial charge on any atom is -0.278 e. The zero-order valence-corrected chi connectivity index (χ0v) is 26.8. The van der Waals surface area contributed by atoms with Crippen LogP contribution in [-0.4, -0.2) is 24.1 Å². The molecule has 7 aromatic carbocycles.